The molecule has 0 aliphatic carbocycles. The number of benzene rings is 1. The fourth-order valence-corrected chi connectivity index (χ4v) is 1.65. The highest BCUT2D eigenvalue weighted by atomic mass is 127. The largest absolute Gasteiger partial charge is 0.396 e. The predicted molar refractivity (Wildman–Crippen MR) is 50.7 cm³/mol. The van der Waals surface area contributed by atoms with Crippen molar-refractivity contribution in [1.29, 1.82) is 0 Å². The third-order valence-electron chi connectivity index (χ3n) is 1.06. The number of halogens is 2. The van der Waals surface area contributed by atoms with Gasteiger partial charge in [0.1, 0.15) is 5.82 Å². The van der Waals surface area contributed by atoms with E-state index >= 15 is 0 Å². The summed E-state index contributed by atoms with van der Waals surface area (Å²) in [5, 5.41) is 0. The van der Waals surface area contributed by atoms with E-state index in [4.69, 9.17) is 5.73 Å². The van der Waals surface area contributed by atoms with E-state index < -0.39 is 0 Å². The number of hydrogen-bond donors (Lipinski definition) is 1. The molecule has 1 nitrogen and oxygen atoms in total. The number of hydrogen-bond acceptors (Lipinski definition) is 2. The lowest BCUT2D eigenvalue weighted by Crippen LogP contribution is -1.88. The highest BCUT2D eigenvalue weighted by Crippen LogP contribution is 2.26. The molecule has 10 heavy (non-hydrogen) atoms. The van der Waals surface area contributed by atoms with Crippen molar-refractivity contribution in [3.05, 3.63) is 24.0 Å². The number of rotatable bonds is 1. The normalized spacial score (nSPS) is 9.80. The van der Waals surface area contributed by atoms with Crippen LogP contribution in [0, 0.1) is 5.82 Å². The zero-order chi connectivity index (χ0) is 7.56. The molecule has 0 fully saturated rings. The first kappa shape index (κ1) is 8.13. The monoisotopic (exact) mass is 269 g/mol. The van der Waals surface area contributed by atoms with Gasteiger partial charge < -0.3 is 5.73 Å². The van der Waals surface area contributed by atoms with Crippen molar-refractivity contribution in [2.75, 3.05) is 5.73 Å². The standard InChI is InChI=1S/C6H5FINS/c7-5-3-4(10-8)1-2-6(5)9/h1-3H,9H2. The lowest BCUT2D eigenvalue weighted by Gasteiger charge is -1.96. The van der Waals surface area contributed by atoms with Crippen LogP contribution in [0.4, 0.5) is 10.1 Å². The molecule has 0 amide bonds. The third-order valence-corrected chi connectivity index (χ3v) is 3.02. The van der Waals surface area contributed by atoms with Crippen molar-refractivity contribution in [3.8, 4) is 0 Å². The van der Waals surface area contributed by atoms with Gasteiger partial charge in [0.15, 0.2) is 0 Å². The van der Waals surface area contributed by atoms with Gasteiger partial charge in [-0.15, -0.1) is 0 Å². The number of anilines is 1. The summed E-state index contributed by atoms with van der Waals surface area (Å²) in [6.07, 6.45) is 0. The smallest absolute Gasteiger partial charge is 0.147 e. The molecule has 0 radical (unpaired) electrons. The Labute approximate surface area is 74.8 Å². The lowest BCUT2D eigenvalue weighted by atomic mass is 10.3. The van der Waals surface area contributed by atoms with Crippen molar-refractivity contribution in [3.63, 3.8) is 0 Å². The summed E-state index contributed by atoms with van der Waals surface area (Å²) >= 11 is 2.09. The Hall–Kier alpha value is 0.0300. The van der Waals surface area contributed by atoms with Gasteiger partial charge in [-0.2, -0.15) is 0 Å². The minimum atomic E-state index is -0.346. The molecule has 1 aromatic carbocycles. The van der Waals surface area contributed by atoms with Gasteiger partial charge in [0.05, 0.1) is 5.69 Å². The predicted octanol–water partition coefficient (Wildman–Crippen LogP) is 2.85. The molecule has 4 heteroatoms. The van der Waals surface area contributed by atoms with Gasteiger partial charge in [-0.05, 0) is 18.2 Å². The Kier molecular flexibility index (Phi) is 2.79. The second kappa shape index (κ2) is 3.43. The summed E-state index contributed by atoms with van der Waals surface area (Å²) in [6, 6.07) is 4.78. The van der Waals surface area contributed by atoms with Crippen LogP contribution in [0.25, 0.3) is 0 Å². The first-order valence-electron chi connectivity index (χ1n) is 2.57. The van der Waals surface area contributed by atoms with Crippen LogP contribution in [0.1, 0.15) is 0 Å². The van der Waals surface area contributed by atoms with Crippen LogP contribution < -0.4 is 5.73 Å². The highest BCUT2D eigenvalue weighted by molar-refractivity contribution is 14.2. The van der Waals surface area contributed by atoms with Crippen LogP contribution in [0.5, 0.6) is 0 Å². The fraction of sp³-hybridized carbons (Fsp3) is 0. The minimum absolute atomic E-state index is 0.203. The minimum Gasteiger partial charge on any atom is -0.396 e. The summed E-state index contributed by atoms with van der Waals surface area (Å²) in [5.74, 6) is -0.346. The van der Waals surface area contributed by atoms with E-state index in [0.717, 1.165) is 4.90 Å². The zero-order valence-electron chi connectivity index (χ0n) is 4.97. The Bertz CT molecular complexity index is 241. The summed E-state index contributed by atoms with van der Waals surface area (Å²) in [4.78, 5) is 0.882. The maximum atomic E-state index is 12.6. The van der Waals surface area contributed by atoms with Gasteiger partial charge in [0, 0.05) is 26.1 Å². The molecular formula is C6H5FINS. The topological polar surface area (TPSA) is 26.0 Å². The van der Waals surface area contributed by atoms with Gasteiger partial charge in [-0.3, -0.25) is 0 Å². The van der Waals surface area contributed by atoms with Gasteiger partial charge in [-0.1, -0.05) is 8.93 Å². The number of nitrogen functional groups attached to an aromatic ring is 1. The second-order valence-corrected chi connectivity index (χ2v) is 3.71. The quantitative estimate of drug-likeness (QED) is 0.626. The van der Waals surface area contributed by atoms with Gasteiger partial charge >= 0.3 is 0 Å². The average molecular weight is 269 g/mol. The molecule has 0 unspecified atom stereocenters. The molecule has 1 rings (SSSR count). The highest BCUT2D eigenvalue weighted by Gasteiger charge is 1.97. The molecule has 2 N–H and O–H groups in total. The average Bonchev–Trinajstić information content (AvgIpc) is 1.95. The molecule has 0 saturated heterocycles. The van der Waals surface area contributed by atoms with E-state index in [-0.39, 0.29) is 11.5 Å². The van der Waals surface area contributed by atoms with E-state index in [1.54, 1.807) is 12.1 Å². The maximum Gasteiger partial charge on any atom is 0.147 e. The first-order chi connectivity index (χ1) is 4.74. The third kappa shape index (κ3) is 1.76. The lowest BCUT2D eigenvalue weighted by molar-refractivity contribution is 0.629. The van der Waals surface area contributed by atoms with Gasteiger partial charge in [0.2, 0.25) is 0 Å². The van der Waals surface area contributed by atoms with E-state index in [1.165, 1.54) is 15.0 Å². The van der Waals surface area contributed by atoms with Crippen molar-refractivity contribution in [1.82, 2.24) is 0 Å². The molecule has 0 aromatic heterocycles. The van der Waals surface area contributed by atoms with Crippen LogP contribution in [0.15, 0.2) is 23.1 Å². The van der Waals surface area contributed by atoms with Gasteiger partial charge in [0.25, 0.3) is 0 Å². The Morgan fingerprint density at radius 3 is 2.70 bits per heavy atom. The van der Waals surface area contributed by atoms with Crippen molar-refractivity contribution < 1.29 is 4.39 Å². The molecule has 54 valence electrons. The summed E-state index contributed by atoms with van der Waals surface area (Å²) in [5.41, 5.74) is 5.46. The van der Waals surface area contributed by atoms with Crippen molar-refractivity contribution in [2.45, 2.75) is 4.90 Å². The SMILES string of the molecule is Nc1ccc(SI)cc1F. The first-order valence-corrected chi connectivity index (χ1v) is 5.93. The summed E-state index contributed by atoms with van der Waals surface area (Å²) in [7, 11) is 1.47. The summed E-state index contributed by atoms with van der Waals surface area (Å²) < 4.78 is 12.6. The molecule has 0 aliphatic heterocycles. The van der Waals surface area contributed by atoms with E-state index in [0.29, 0.717) is 0 Å². The van der Waals surface area contributed by atoms with Crippen LogP contribution >= 0.6 is 30.1 Å². The van der Waals surface area contributed by atoms with Gasteiger partial charge in [-0.25, -0.2) is 4.39 Å². The summed E-state index contributed by atoms with van der Waals surface area (Å²) in [6.45, 7) is 0. The number of nitrogens with two attached hydrogens (primary N) is 1. The molecule has 0 saturated carbocycles. The van der Waals surface area contributed by atoms with E-state index in [1.807, 2.05) is 0 Å². The molecule has 1 aromatic rings. The van der Waals surface area contributed by atoms with Crippen LogP contribution in [0.2, 0.25) is 0 Å². The zero-order valence-corrected chi connectivity index (χ0v) is 7.95. The Morgan fingerprint density at radius 1 is 1.50 bits per heavy atom. The van der Waals surface area contributed by atoms with Crippen LogP contribution in [0.3, 0.4) is 0 Å². The van der Waals surface area contributed by atoms with E-state index in [9.17, 15) is 4.39 Å². The van der Waals surface area contributed by atoms with E-state index in [2.05, 4.69) is 21.2 Å². The molecule has 0 heterocycles. The molecule has 0 spiro atoms. The van der Waals surface area contributed by atoms with Crippen LogP contribution in [-0.2, 0) is 0 Å². The van der Waals surface area contributed by atoms with Crippen molar-refractivity contribution in [2.24, 2.45) is 0 Å². The van der Waals surface area contributed by atoms with Crippen LogP contribution in [-0.4, -0.2) is 0 Å². The fourth-order valence-electron chi connectivity index (χ4n) is 0.556. The van der Waals surface area contributed by atoms with Crippen molar-refractivity contribution >= 4 is 35.8 Å². The Balaban J connectivity index is 3.04. The Morgan fingerprint density at radius 2 is 2.20 bits per heavy atom. The second-order valence-electron chi connectivity index (χ2n) is 1.76. The molecule has 0 atom stereocenters. The molecule has 0 bridgehead atoms. The molecular weight excluding hydrogens is 264 g/mol. The molecule has 0 aliphatic rings. The maximum absolute atomic E-state index is 12.6.